The molecule has 0 aliphatic heterocycles. The zero-order valence-corrected chi connectivity index (χ0v) is 15.3. The van der Waals surface area contributed by atoms with E-state index in [1.165, 1.54) is 28.3 Å². The summed E-state index contributed by atoms with van der Waals surface area (Å²) in [4.78, 5) is 21.5. The van der Waals surface area contributed by atoms with E-state index in [1.807, 2.05) is 22.2 Å². The largest absolute Gasteiger partial charge is 0.417 e. The van der Waals surface area contributed by atoms with Gasteiger partial charge in [0.1, 0.15) is 0 Å². The van der Waals surface area contributed by atoms with E-state index < -0.39 is 11.7 Å². The fourth-order valence-electron chi connectivity index (χ4n) is 2.67. The summed E-state index contributed by atoms with van der Waals surface area (Å²) in [5.74, 6) is -0.161. The Kier molecular flexibility index (Phi) is 4.38. The molecule has 1 N–H and O–H groups in total. The SMILES string of the molecule is Cc1c(C(=O)NCc2cn3ccsc3n2)cnn1-c1ccc(C(F)(F)F)cn1. The van der Waals surface area contributed by atoms with E-state index in [0.29, 0.717) is 11.3 Å². The Bertz CT molecular complexity index is 1110. The fraction of sp³-hybridized carbons (Fsp3) is 0.176. The van der Waals surface area contributed by atoms with Crippen molar-refractivity contribution in [3.8, 4) is 5.82 Å². The number of halogens is 3. The molecule has 4 rings (SSSR count). The molecule has 0 bridgehead atoms. The summed E-state index contributed by atoms with van der Waals surface area (Å²) in [5.41, 5.74) is 0.645. The molecule has 0 fully saturated rings. The van der Waals surface area contributed by atoms with Gasteiger partial charge in [0.05, 0.1) is 35.3 Å². The smallest absolute Gasteiger partial charge is 0.346 e. The van der Waals surface area contributed by atoms with Crippen LogP contribution in [0.1, 0.15) is 27.3 Å². The van der Waals surface area contributed by atoms with Crippen LogP contribution in [0.3, 0.4) is 0 Å². The molecular formula is C17H13F3N6OS. The number of imidazole rings is 1. The molecule has 11 heteroatoms. The van der Waals surface area contributed by atoms with Crippen molar-refractivity contribution in [3.63, 3.8) is 0 Å². The molecule has 28 heavy (non-hydrogen) atoms. The molecule has 0 radical (unpaired) electrons. The van der Waals surface area contributed by atoms with Crippen LogP contribution in [0, 0.1) is 6.92 Å². The molecule has 0 saturated heterocycles. The number of pyridine rings is 1. The third-order valence-corrected chi connectivity index (χ3v) is 4.89. The van der Waals surface area contributed by atoms with Gasteiger partial charge in [-0.15, -0.1) is 11.3 Å². The Balaban J connectivity index is 1.49. The number of amides is 1. The van der Waals surface area contributed by atoms with Gasteiger partial charge in [0, 0.05) is 24.0 Å². The standard InChI is InChI=1S/C17H13F3N6OS/c1-10-13(15(27)22-7-12-9-25-4-5-28-16(25)24-12)8-23-26(10)14-3-2-11(6-21-14)17(18,19)20/h2-6,8-9H,7H2,1H3,(H,22,27). The maximum atomic E-state index is 12.7. The molecule has 4 aromatic rings. The predicted molar refractivity (Wildman–Crippen MR) is 95.3 cm³/mol. The van der Waals surface area contributed by atoms with Crippen LogP contribution < -0.4 is 5.32 Å². The first kappa shape index (κ1) is 18.2. The summed E-state index contributed by atoms with van der Waals surface area (Å²) < 4.78 is 41.2. The van der Waals surface area contributed by atoms with Gasteiger partial charge in [0.15, 0.2) is 10.8 Å². The van der Waals surface area contributed by atoms with Crippen molar-refractivity contribution < 1.29 is 18.0 Å². The summed E-state index contributed by atoms with van der Waals surface area (Å²) in [7, 11) is 0. The van der Waals surface area contributed by atoms with Crippen molar-refractivity contribution in [1.82, 2.24) is 29.5 Å². The van der Waals surface area contributed by atoms with Gasteiger partial charge in [-0.05, 0) is 19.1 Å². The quantitative estimate of drug-likeness (QED) is 0.565. The van der Waals surface area contributed by atoms with Gasteiger partial charge in [-0.2, -0.15) is 18.3 Å². The first-order valence-corrected chi connectivity index (χ1v) is 8.98. The zero-order chi connectivity index (χ0) is 19.9. The number of thiazole rings is 1. The topological polar surface area (TPSA) is 77.1 Å². The second-order valence-electron chi connectivity index (χ2n) is 5.97. The highest BCUT2D eigenvalue weighted by atomic mass is 32.1. The molecule has 0 aromatic carbocycles. The highest BCUT2D eigenvalue weighted by Gasteiger charge is 2.30. The lowest BCUT2D eigenvalue weighted by Gasteiger charge is -2.08. The van der Waals surface area contributed by atoms with Gasteiger partial charge < -0.3 is 5.32 Å². The highest BCUT2D eigenvalue weighted by molar-refractivity contribution is 7.15. The van der Waals surface area contributed by atoms with Crippen LogP contribution in [0.25, 0.3) is 10.8 Å². The first-order chi connectivity index (χ1) is 13.3. The van der Waals surface area contributed by atoms with E-state index >= 15 is 0 Å². The van der Waals surface area contributed by atoms with E-state index in [9.17, 15) is 18.0 Å². The third-order valence-electron chi connectivity index (χ3n) is 4.12. The average molecular weight is 406 g/mol. The number of hydrogen-bond donors (Lipinski definition) is 1. The van der Waals surface area contributed by atoms with E-state index in [4.69, 9.17) is 0 Å². The van der Waals surface area contributed by atoms with Crippen molar-refractivity contribution in [1.29, 1.82) is 0 Å². The summed E-state index contributed by atoms with van der Waals surface area (Å²) in [6.45, 7) is 1.89. The van der Waals surface area contributed by atoms with Crippen molar-refractivity contribution >= 4 is 22.2 Å². The summed E-state index contributed by atoms with van der Waals surface area (Å²) >= 11 is 1.49. The minimum Gasteiger partial charge on any atom is -0.346 e. The van der Waals surface area contributed by atoms with Crippen LogP contribution in [-0.2, 0) is 12.7 Å². The van der Waals surface area contributed by atoms with Gasteiger partial charge in [0.25, 0.3) is 5.91 Å². The number of rotatable bonds is 4. The number of carbonyl (C=O) groups excluding carboxylic acids is 1. The first-order valence-electron chi connectivity index (χ1n) is 8.10. The van der Waals surface area contributed by atoms with Crippen molar-refractivity contribution in [2.45, 2.75) is 19.6 Å². The third kappa shape index (κ3) is 3.36. The molecule has 0 spiro atoms. The second kappa shape index (κ2) is 6.75. The van der Waals surface area contributed by atoms with E-state index in [2.05, 4.69) is 20.4 Å². The monoisotopic (exact) mass is 406 g/mol. The van der Waals surface area contributed by atoms with Crippen molar-refractivity contribution in [2.24, 2.45) is 0 Å². The molecule has 4 aromatic heterocycles. The van der Waals surface area contributed by atoms with Crippen LogP contribution in [0.2, 0.25) is 0 Å². The summed E-state index contributed by atoms with van der Waals surface area (Å²) in [6.07, 6.45) is 1.34. The van der Waals surface area contributed by atoms with Gasteiger partial charge in [-0.25, -0.2) is 14.6 Å². The van der Waals surface area contributed by atoms with E-state index in [1.54, 1.807) is 6.92 Å². The Labute approximate surface area is 160 Å². The lowest BCUT2D eigenvalue weighted by molar-refractivity contribution is -0.137. The molecule has 4 heterocycles. The lowest BCUT2D eigenvalue weighted by atomic mass is 10.2. The molecule has 0 unspecified atom stereocenters. The molecule has 0 aliphatic carbocycles. The molecule has 144 valence electrons. The minimum absolute atomic E-state index is 0.193. The van der Waals surface area contributed by atoms with Gasteiger partial charge in [-0.1, -0.05) is 0 Å². The number of aromatic nitrogens is 5. The molecule has 0 atom stereocenters. The van der Waals surface area contributed by atoms with Crippen LogP contribution in [0.4, 0.5) is 13.2 Å². The highest BCUT2D eigenvalue weighted by Crippen LogP contribution is 2.28. The summed E-state index contributed by atoms with van der Waals surface area (Å²) in [5, 5.41) is 8.76. The minimum atomic E-state index is -4.46. The molecule has 0 aliphatic rings. The summed E-state index contributed by atoms with van der Waals surface area (Å²) in [6, 6.07) is 2.13. The number of fused-ring (bicyclic) bond motifs is 1. The van der Waals surface area contributed by atoms with Crippen LogP contribution in [-0.4, -0.2) is 30.1 Å². The zero-order valence-electron chi connectivity index (χ0n) is 14.4. The Morgan fingerprint density at radius 3 is 2.79 bits per heavy atom. The number of carbonyl (C=O) groups is 1. The Hall–Kier alpha value is -3.21. The second-order valence-corrected chi connectivity index (χ2v) is 6.84. The normalized spacial score (nSPS) is 11.9. The molecule has 0 saturated carbocycles. The molecule has 7 nitrogen and oxygen atoms in total. The Morgan fingerprint density at radius 1 is 1.29 bits per heavy atom. The van der Waals surface area contributed by atoms with Crippen molar-refractivity contribution in [3.05, 3.63) is 64.8 Å². The molecular weight excluding hydrogens is 393 g/mol. The van der Waals surface area contributed by atoms with Gasteiger partial charge in [0.2, 0.25) is 0 Å². The number of nitrogens with zero attached hydrogens (tertiary/aromatic N) is 5. The predicted octanol–water partition coefficient (Wildman–Crippen LogP) is 3.23. The average Bonchev–Trinajstić information content (AvgIpc) is 3.33. The fourth-order valence-corrected chi connectivity index (χ4v) is 3.39. The lowest BCUT2D eigenvalue weighted by Crippen LogP contribution is -2.23. The number of hydrogen-bond acceptors (Lipinski definition) is 5. The Morgan fingerprint density at radius 2 is 2.11 bits per heavy atom. The van der Waals surface area contributed by atoms with Gasteiger partial charge >= 0.3 is 6.18 Å². The van der Waals surface area contributed by atoms with Gasteiger partial charge in [-0.3, -0.25) is 9.20 Å². The maximum absolute atomic E-state index is 12.7. The van der Waals surface area contributed by atoms with Crippen LogP contribution >= 0.6 is 11.3 Å². The number of nitrogens with one attached hydrogen (secondary N) is 1. The van der Waals surface area contributed by atoms with Crippen molar-refractivity contribution in [2.75, 3.05) is 0 Å². The van der Waals surface area contributed by atoms with Crippen LogP contribution in [0.15, 0.2) is 42.3 Å². The number of alkyl halides is 3. The maximum Gasteiger partial charge on any atom is 0.417 e. The molecule has 1 amide bonds. The van der Waals surface area contributed by atoms with E-state index in [-0.39, 0.29) is 18.3 Å². The van der Waals surface area contributed by atoms with Crippen LogP contribution in [0.5, 0.6) is 0 Å². The van der Waals surface area contributed by atoms with E-state index in [0.717, 1.165) is 22.9 Å².